The SMILES string of the molecule is CS(=O)(=O)OCCC1=CC2C3C1CCC3C21OCCO1. The van der Waals surface area contributed by atoms with Gasteiger partial charge >= 0.3 is 0 Å². The normalized spacial score (nSPS) is 40.8. The molecule has 0 N–H and O–H groups in total. The second kappa shape index (κ2) is 4.29. The summed E-state index contributed by atoms with van der Waals surface area (Å²) in [6.07, 6.45) is 6.41. The van der Waals surface area contributed by atoms with Gasteiger partial charge in [0.15, 0.2) is 5.79 Å². The highest BCUT2D eigenvalue weighted by Gasteiger charge is 2.71. The Morgan fingerprint density at radius 1 is 1.35 bits per heavy atom. The van der Waals surface area contributed by atoms with Gasteiger partial charge in [-0.25, -0.2) is 0 Å². The number of rotatable bonds is 4. The van der Waals surface area contributed by atoms with Crippen LogP contribution in [0.4, 0.5) is 0 Å². The molecule has 1 aliphatic heterocycles. The lowest BCUT2D eigenvalue weighted by Gasteiger charge is -2.53. The van der Waals surface area contributed by atoms with Crippen LogP contribution in [0.3, 0.4) is 0 Å². The van der Waals surface area contributed by atoms with Crippen molar-refractivity contribution in [3.8, 4) is 0 Å². The largest absolute Gasteiger partial charge is 0.347 e. The molecule has 3 fully saturated rings. The van der Waals surface area contributed by atoms with Gasteiger partial charge < -0.3 is 9.47 Å². The molecule has 0 aromatic rings. The van der Waals surface area contributed by atoms with Gasteiger partial charge in [0.25, 0.3) is 10.1 Å². The Balaban J connectivity index is 1.48. The minimum absolute atomic E-state index is 0.250. The van der Waals surface area contributed by atoms with Crippen molar-refractivity contribution in [2.75, 3.05) is 26.1 Å². The van der Waals surface area contributed by atoms with E-state index in [0.29, 0.717) is 43.3 Å². The predicted molar refractivity (Wildman–Crippen MR) is 71.3 cm³/mol. The van der Waals surface area contributed by atoms with E-state index in [0.717, 1.165) is 12.7 Å². The van der Waals surface area contributed by atoms with Crippen molar-refractivity contribution >= 4 is 10.1 Å². The van der Waals surface area contributed by atoms with Gasteiger partial charge in [0.05, 0.1) is 26.1 Å². The first-order chi connectivity index (χ1) is 9.51. The molecular weight excluding hydrogens is 280 g/mol. The van der Waals surface area contributed by atoms with E-state index < -0.39 is 10.1 Å². The molecule has 112 valence electrons. The molecule has 1 heterocycles. The Kier molecular flexibility index (Phi) is 2.84. The van der Waals surface area contributed by atoms with Crippen LogP contribution in [0.25, 0.3) is 0 Å². The van der Waals surface area contributed by atoms with Gasteiger partial charge in [-0.05, 0) is 31.1 Å². The van der Waals surface area contributed by atoms with E-state index in [1.54, 1.807) is 0 Å². The third-order valence-corrected chi connectivity index (χ3v) is 6.01. The fourth-order valence-corrected chi connectivity index (χ4v) is 5.22. The highest BCUT2D eigenvalue weighted by atomic mass is 32.2. The maximum atomic E-state index is 11.0. The summed E-state index contributed by atoms with van der Waals surface area (Å²) in [5, 5.41) is 0. The monoisotopic (exact) mass is 300 g/mol. The lowest BCUT2D eigenvalue weighted by molar-refractivity contribution is -0.298. The van der Waals surface area contributed by atoms with E-state index in [4.69, 9.17) is 13.7 Å². The van der Waals surface area contributed by atoms with E-state index in [9.17, 15) is 8.42 Å². The van der Waals surface area contributed by atoms with Crippen molar-refractivity contribution in [1.82, 2.24) is 0 Å². The molecule has 0 aromatic heterocycles. The van der Waals surface area contributed by atoms with Gasteiger partial charge in [0, 0.05) is 11.8 Å². The highest BCUT2D eigenvalue weighted by molar-refractivity contribution is 7.85. The molecule has 4 atom stereocenters. The van der Waals surface area contributed by atoms with Crippen molar-refractivity contribution < 1.29 is 22.1 Å². The Bertz CT molecular complexity index is 546. The molecule has 0 radical (unpaired) electrons. The van der Waals surface area contributed by atoms with Gasteiger partial charge in [-0.2, -0.15) is 8.42 Å². The lowest BCUT2D eigenvalue weighted by Crippen LogP contribution is -2.60. The predicted octanol–water partition coefficient (Wildman–Crippen LogP) is 1.31. The fraction of sp³-hybridized carbons (Fsp3) is 0.857. The Morgan fingerprint density at radius 2 is 2.10 bits per heavy atom. The summed E-state index contributed by atoms with van der Waals surface area (Å²) >= 11 is 0. The Hall–Kier alpha value is -0.430. The summed E-state index contributed by atoms with van der Waals surface area (Å²) in [5.41, 5.74) is 1.35. The van der Waals surface area contributed by atoms with Crippen LogP contribution in [-0.2, 0) is 23.8 Å². The van der Waals surface area contributed by atoms with Crippen molar-refractivity contribution in [3.05, 3.63) is 11.6 Å². The third kappa shape index (κ3) is 1.75. The van der Waals surface area contributed by atoms with Crippen molar-refractivity contribution in [2.24, 2.45) is 23.7 Å². The molecule has 5 nitrogen and oxygen atoms in total. The van der Waals surface area contributed by atoms with Gasteiger partial charge in [-0.3, -0.25) is 4.18 Å². The van der Waals surface area contributed by atoms with E-state index in [2.05, 4.69) is 6.08 Å². The second-order valence-electron chi connectivity index (χ2n) is 6.33. The second-order valence-corrected chi connectivity index (χ2v) is 7.97. The van der Waals surface area contributed by atoms with Crippen LogP contribution in [0.1, 0.15) is 19.3 Å². The first kappa shape index (κ1) is 13.2. The minimum Gasteiger partial charge on any atom is -0.347 e. The molecule has 4 aliphatic rings. The molecular formula is C14H20O5S. The molecule has 20 heavy (non-hydrogen) atoms. The molecule has 3 aliphatic carbocycles. The lowest BCUT2D eigenvalue weighted by atomic mass is 9.61. The maximum Gasteiger partial charge on any atom is 0.264 e. The first-order valence-electron chi connectivity index (χ1n) is 7.34. The highest BCUT2D eigenvalue weighted by Crippen LogP contribution is 2.68. The molecule has 4 unspecified atom stereocenters. The average molecular weight is 300 g/mol. The zero-order chi connectivity index (χ0) is 14.0. The molecule has 4 rings (SSSR count). The van der Waals surface area contributed by atoms with Crippen molar-refractivity contribution in [1.29, 1.82) is 0 Å². The van der Waals surface area contributed by atoms with E-state index in [1.165, 1.54) is 12.0 Å². The van der Waals surface area contributed by atoms with Gasteiger partial charge in [-0.15, -0.1) is 0 Å². The number of fused-ring (bicyclic) bond motifs is 2. The summed E-state index contributed by atoms with van der Waals surface area (Å²) in [5.74, 6) is 1.80. The van der Waals surface area contributed by atoms with Gasteiger partial charge in [0.2, 0.25) is 0 Å². The van der Waals surface area contributed by atoms with Crippen molar-refractivity contribution in [2.45, 2.75) is 25.0 Å². The third-order valence-electron chi connectivity index (χ3n) is 5.41. The smallest absolute Gasteiger partial charge is 0.264 e. The number of ether oxygens (including phenoxy) is 2. The van der Waals surface area contributed by atoms with Crippen LogP contribution >= 0.6 is 0 Å². The standard InChI is InChI=1S/C14H20O5S/c1-20(15,16)19-5-4-9-8-12-13-10(9)2-3-11(13)14(12)17-6-7-18-14/h8,10-13H,2-7H2,1H3. The summed E-state index contributed by atoms with van der Waals surface area (Å²) in [4.78, 5) is 0. The number of hydrogen-bond acceptors (Lipinski definition) is 5. The van der Waals surface area contributed by atoms with Crippen LogP contribution in [0.5, 0.6) is 0 Å². The van der Waals surface area contributed by atoms with E-state index in [1.807, 2.05) is 0 Å². The van der Waals surface area contributed by atoms with Crippen LogP contribution < -0.4 is 0 Å². The van der Waals surface area contributed by atoms with Crippen molar-refractivity contribution in [3.63, 3.8) is 0 Å². The Morgan fingerprint density at radius 3 is 2.80 bits per heavy atom. The average Bonchev–Trinajstić information content (AvgIpc) is 2.98. The summed E-state index contributed by atoms with van der Waals surface area (Å²) in [7, 11) is -3.34. The first-order valence-corrected chi connectivity index (χ1v) is 9.16. The Labute approximate surface area is 119 Å². The minimum atomic E-state index is -3.34. The zero-order valence-corrected chi connectivity index (χ0v) is 12.4. The number of hydrogen-bond donors (Lipinski definition) is 0. The van der Waals surface area contributed by atoms with Crippen LogP contribution in [0.2, 0.25) is 0 Å². The summed E-state index contributed by atoms with van der Waals surface area (Å²) in [6.45, 7) is 1.65. The summed E-state index contributed by atoms with van der Waals surface area (Å²) < 4.78 is 38.8. The molecule has 1 saturated heterocycles. The quantitative estimate of drug-likeness (QED) is 0.578. The molecule has 6 heteroatoms. The fourth-order valence-electron chi connectivity index (χ4n) is 4.84. The van der Waals surface area contributed by atoms with Gasteiger partial charge in [-0.1, -0.05) is 11.6 Å². The molecule has 0 aromatic carbocycles. The van der Waals surface area contributed by atoms with Crippen LogP contribution in [-0.4, -0.2) is 40.3 Å². The molecule has 2 saturated carbocycles. The van der Waals surface area contributed by atoms with Gasteiger partial charge in [0.1, 0.15) is 0 Å². The topological polar surface area (TPSA) is 61.8 Å². The van der Waals surface area contributed by atoms with E-state index >= 15 is 0 Å². The molecule has 1 spiro atoms. The molecule has 0 bridgehead atoms. The van der Waals surface area contributed by atoms with Crippen LogP contribution in [0, 0.1) is 23.7 Å². The van der Waals surface area contributed by atoms with E-state index in [-0.39, 0.29) is 12.4 Å². The zero-order valence-electron chi connectivity index (χ0n) is 11.6. The molecule has 0 amide bonds. The maximum absolute atomic E-state index is 11.0. The summed E-state index contributed by atoms with van der Waals surface area (Å²) in [6, 6.07) is 0. The van der Waals surface area contributed by atoms with Crippen LogP contribution in [0.15, 0.2) is 11.6 Å².